The van der Waals surface area contributed by atoms with Crippen molar-refractivity contribution >= 4 is 17.5 Å². The number of piperidine rings is 1. The minimum absolute atomic E-state index is 0.0641. The third-order valence-corrected chi connectivity index (χ3v) is 8.15. The fourth-order valence-electron chi connectivity index (χ4n) is 7.02. The maximum Gasteiger partial charge on any atom is 0.228 e. The fraction of sp³-hybridized carbons (Fsp3) is 0.696. The Kier molecular flexibility index (Phi) is 4.12. The molecule has 2 unspecified atom stereocenters. The summed E-state index contributed by atoms with van der Waals surface area (Å²) in [7, 11) is 0. The summed E-state index contributed by atoms with van der Waals surface area (Å²) in [6.07, 6.45) is 10.2. The van der Waals surface area contributed by atoms with Crippen LogP contribution in [0.4, 0.5) is 0 Å². The lowest BCUT2D eigenvalue weighted by Gasteiger charge is -2.60. The molecule has 3 heteroatoms. The number of hydrogen-bond acceptors (Lipinski definition) is 1. The maximum absolute atomic E-state index is 13.5. The molecular formula is C23H30ClNO. The molecule has 0 N–H and O–H groups in total. The predicted molar refractivity (Wildman–Crippen MR) is 105 cm³/mol. The van der Waals surface area contributed by atoms with Gasteiger partial charge in [-0.25, -0.2) is 0 Å². The number of halogens is 1. The third kappa shape index (κ3) is 2.99. The lowest BCUT2D eigenvalue weighted by Crippen LogP contribution is -2.59. The third-order valence-electron chi connectivity index (χ3n) is 7.71. The zero-order valence-corrected chi connectivity index (χ0v) is 16.4. The first kappa shape index (κ1) is 17.1. The highest BCUT2D eigenvalue weighted by molar-refractivity contribution is 6.24. The van der Waals surface area contributed by atoms with Crippen molar-refractivity contribution < 1.29 is 4.79 Å². The Morgan fingerprint density at radius 2 is 1.69 bits per heavy atom. The number of nitrogens with zero attached hydrogens (tertiary/aromatic N) is 1. The topological polar surface area (TPSA) is 20.3 Å². The Morgan fingerprint density at radius 3 is 2.31 bits per heavy atom. The largest absolute Gasteiger partial charge is 0.342 e. The van der Waals surface area contributed by atoms with Crippen molar-refractivity contribution in [2.24, 2.45) is 23.2 Å². The molecule has 140 valence electrons. The van der Waals surface area contributed by atoms with E-state index in [0.717, 1.165) is 70.4 Å². The highest BCUT2D eigenvalue weighted by Crippen LogP contribution is 2.64. The van der Waals surface area contributed by atoms with Crippen molar-refractivity contribution in [2.75, 3.05) is 13.1 Å². The van der Waals surface area contributed by atoms with Crippen LogP contribution in [0.2, 0.25) is 0 Å². The second-order valence-electron chi connectivity index (χ2n) is 9.82. The average Bonchev–Trinajstić information content (AvgIpc) is 2.60. The van der Waals surface area contributed by atoms with Crippen molar-refractivity contribution in [1.29, 1.82) is 0 Å². The molecule has 4 aliphatic carbocycles. The van der Waals surface area contributed by atoms with Gasteiger partial charge in [0.25, 0.3) is 0 Å². The number of likely N-dealkylation sites (tertiary alicyclic amines) is 1. The average molecular weight is 372 g/mol. The molecule has 4 saturated carbocycles. The Hall–Kier alpha value is -1.02. The SMILES string of the molecule is O=C(N1CCC(Cc2ccccc2)CC1)C12CC3CC(CC(Cl)(C3)C1)C2. The van der Waals surface area contributed by atoms with Gasteiger partial charge in [-0.05, 0) is 81.1 Å². The fourth-order valence-corrected chi connectivity index (χ4v) is 7.72. The van der Waals surface area contributed by atoms with Gasteiger partial charge in [0, 0.05) is 18.0 Å². The summed E-state index contributed by atoms with van der Waals surface area (Å²) in [6, 6.07) is 10.8. The quantitative estimate of drug-likeness (QED) is 0.681. The minimum Gasteiger partial charge on any atom is -0.342 e. The van der Waals surface area contributed by atoms with Crippen LogP contribution in [-0.4, -0.2) is 28.8 Å². The molecule has 1 aromatic rings. The smallest absolute Gasteiger partial charge is 0.228 e. The zero-order chi connectivity index (χ0) is 17.8. The summed E-state index contributed by atoms with van der Waals surface area (Å²) in [5.74, 6) is 2.58. The molecule has 2 nitrogen and oxygen atoms in total. The molecule has 1 heterocycles. The molecule has 0 spiro atoms. The van der Waals surface area contributed by atoms with E-state index in [9.17, 15) is 4.79 Å². The van der Waals surface area contributed by atoms with E-state index in [1.807, 2.05) is 0 Å². The van der Waals surface area contributed by atoms with Crippen LogP contribution < -0.4 is 0 Å². The molecule has 5 aliphatic rings. The van der Waals surface area contributed by atoms with Crippen LogP contribution in [0.5, 0.6) is 0 Å². The normalized spacial score (nSPS) is 39.3. The molecule has 1 saturated heterocycles. The standard InChI is InChI=1S/C23H30ClNO/c24-23-14-19-11-20(15-23)13-22(12-19,16-23)21(26)25-8-6-18(7-9-25)10-17-4-2-1-3-5-17/h1-5,18-20H,6-16H2. The van der Waals surface area contributed by atoms with Crippen molar-refractivity contribution in [2.45, 2.75) is 62.7 Å². The molecule has 2 atom stereocenters. The number of alkyl halides is 1. The van der Waals surface area contributed by atoms with E-state index in [0.29, 0.717) is 17.7 Å². The van der Waals surface area contributed by atoms with Crippen molar-refractivity contribution in [3.8, 4) is 0 Å². The zero-order valence-electron chi connectivity index (χ0n) is 15.6. The molecule has 1 amide bonds. The van der Waals surface area contributed by atoms with E-state index in [-0.39, 0.29) is 10.3 Å². The van der Waals surface area contributed by atoms with Gasteiger partial charge in [0.1, 0.15) is 0 Å². The van der Waals surface area contributed by atoms with Crippen molar-refractivity contribution in [1.82, 2.24) is 4.90 Å². The summed E-state index contributed by atoms with van der Waals surface area (Å²) in [4.78, 5) is 15.7. The van der Waals surface area contributed by atoms with Gasteiger partial charge in [-0.15, -0.1) is 11.6 Å². The van der Waals surface area contributed by atoms with E-state index >= 15 is 0 Å². The Labute approximate surface area is 162 Å². The number of amides is 1. The lowest BCUT2D eigenvalue weighted by atomic mass is 9.49. The highest BCUT2D eigenvalue weighted by Gasteiger charge is 2.60. The summed E-state index contributed by atoms with van der Waals surface area (Å²) in [5, 5.41) is 0. The highest BCUT2D eigenvalue weighted by atomic mass is 35.5. The summed E-state index contributed by atoms with van der Waals surface area (Å²) >= 11 is 6.95. The monoisotopic (exact) mass is 371 g/mol. The predicted octanol–water partition coefficient (Wildman–Crippen LogP) is 5.05. The van der Waals surface area contributed by atoms with Gasteiger partial charge in [-0.2, -0.15) is 0 Å². The molecule has 26 heavy (non-hydrogen) atoms. The van der Waals surface area contributed by atoms with Gasteiger partial charge in [-0.1, -0.05) is 30.3 Å². The number of carbonyl (C=O) groups is 1. The van der Waals surface area contributed by atoms with E-state index in [2.05, 4.69) is 35.2 Å². The van der Waals surface area contributed by atoms with Crippen LogP contribution in [0, 0.1) is 23.2 Å². The number of rotatable bonds is 3. The van der Waals surface area contributed by atoms with Gasteiger partial charge < -0.3 is 4.90 Å². The van der Waals surface area contributed by atoms with E-state index in [1.54, 1.807) is 0 Å². The van der Waals surface area contributed by atoms with Crippen molar-refractivity contribution in [3.05, 3.63) is 35.9 Å². The van der Waals surface area contributed by atoms with Crippen LogP contribution in [0.1, 0.15) is 56.9 Å². The van der Waals surface area contributed by atoms with Crippen LogP contribution in [0.15, 0.2) is 30.3 Å². The lowest BCUT2D eigenvalue weighted by molar-refractivity contribution is -0.157. The molecule has 5 fully saturated rings. The summed E-state index contributed by atoms with van der Waals surface area (Å²) in [5.41, 5.74) is 1.32. The van der Waals surface area contributed by atoms with E-state index in [1.165, 1.54) is 12.0 Å². The Morgan fingerprint density at radius 1 is 1.04 bits per heavy atom. The second kappa shape index (κ2) is 6.26. The first-order chi connectivity index (χ1) is 12.5. The summed E-state index contributed by atoms with van der Waals surface area (Å²) < 4.78 is 0. The van der Waals surface area contributed by atoms with Crippen LogP contribution in [-0.2, 0) is 11.2 Å². The van der Waals surface area contributed by atoms with Crippen LogP contribution in [0.3, 0.4) is 0 Å². The van der Waals surface area contributed by atoms with Crippen molar-refractivity contribution in [3.63, 3.8) is 0 Å². The van der Waals surface area contributed by atoms with E-state index < -0.39 is 0 Å². The molecule has 0 aromatic heterocycles. The Balaban J connectivity index is 1.24. The van der Waals surface area contributed by atoms with Gasteiger partial charge in [0.2, 0.25) is 5.91 Å². The molecule has 6 rings (SSSR count). The van der Waals surface area contributed by atoms with Gasteiger partial charge >= 0.3 is 0 Å². The molecule has 4 bridgehead atoms. The van der Waals surface area contributed by atoms with Crippen LogP contribution >= 0.6 is 11.6 Å². The molecule has 0 radical (unpaired) electrons. The Bertz CT molecular complexity index is 665. The van der Waals surface area contributed by atoms with Gasteiger partial charge in [-0.3, -0.25) is 4.79 Å². The minimum atomic E-state index is -0.113. The number of carbonyl (C=O) groups excluding carboxylic acids is 1. The maximum atomic E-state index is 13.5. The van der Waals surface area contributed by atoms with Gasteiger partial charge in [0.05, 0.1) is 5.41 Å². The number of benzene rings is 1. The van der Waals surface area contributed by atoms with Gasteiger partial charge in [0.15, 0.2) is 0 Å². The molecule has 1 aliphatic heterocycles. The summed E-state index contributed by atoms with van der Waals surface area (Å²) in [6.45, 7) is 1.89. The first-order valence-corrected chi connectivity index (χ1v) is 10.9. The first-order valence-electron chi connectivity index (χ1n) is 10.6. The number of hydrogen-bond donors (Lipinski definition) is 0. The van der Waals surface area contributed by atoms with E-state index in [4.69, 9.17) is 11.6 Å². The second-order valence-corrected chi connectivity index (χ2v) is 10.6. The van der Waals surface area contributed by atoms with Crippen LogP contribution in [0.25, 0.3) is 0 Å². The molecule has 1 aromatic carbocycles. The molecular weight excluding hydrogens is 342 g/mol.